The van der Waals surface area contributed by atoms with Gasteiger partial charge in [0, 0.05) is 31.1 Å². The number of halogens is 1. The molecule has 0 aromatic heterocycles. The van der Waals surface area contributed by atoms with Crippen molar-refractivity contribution >= 4 is 23.5 Å². The summed E-state index contributed by atoms with van der Waals surface area (Å²) in [5.74, 6) is -0.152. The van der Waals surface area contributed by atoms with E-state index in [1.54, 1.807) is 12.1 Å². The molecule has 106 valence electrons. The van der Waals surface area contributed by atoms with Gasteiger partial charge in [0.2, 0.25) is 0 Å². The molecule has 6 heteroatoms. The summed E-state index contributed by atoms with van der Waals surface area (Å²) in [4.78, 5) is 25.9. The topological polar surface area (TPSA) is 58.6 Å². The van der Waals surface area contributed by atoms with Crippen molar-refractivity contribution in [3.05, 3.63) is 34.9 Å². The number of carbonyl (C=O) groups excluding carboxylic acids is 2. The minimum atomic E-state index is -0.762. The number of nitrogens with one attached hydrogen (secondary N) is 1. The Labute approximate surface area is 121 Å². The first-order chi connectivity index (χ1) is 9.61. The number of nitrogens with zero attached hydrogens (tertiary/aromatic N) is 1. The lowest BCUT2D eigenvalue weighted by atomic mass is 9.90. The molecule has 3 rings (SSSR count). The van der Waals surface area contributed by atoms with E-state index in [0.29, 0.717) is 31.1 Å². The van der Waals surface area contributed by atoms with E-state index in [1.165, 1.54) is 4.90 Å². The third kappa shape index (κ3) is 2.27. The van der Waals surface area contributed by atoms with Crippen molar-refractivity contribution in [3.8, 4) is 0 Å². The van der Waals surface area contributed by atoms with Crippen LogP contribution in [0.3, 0.4) is 0 Å². The molecule has 2 fully saturated rings. The van der Waals surface area contributed by atoms with Crippen LogP contribution >= 0.6 is 11.6 Å². The van der Waals surface area contributed by atoms with Crippen LogP contribution in [0.25, 0.3) is 0 Å². The minimum Gasteiger partial charge on any atom is -0.381 e. The Morgan fingerprint density at radius 3 is 2.50 bits per heavy atom. The molecular weight excluding hydrogens is 280 g/mol. The van der Waals surface area contributed by atoms with Gasteiger partial charge in [0.1, 0.15) is 5.54 Å². The van der Waals surface area contributed by atoms with Gasteiger partial charge in [-0.15, -0.1) is 0 Å². The predicted octanol–water partition coefficient (Wildman–Crippen LogP) is 1.94. The highest BCUT2D eigenvalue weighted by Crippen LogP contribution is 2.29. The number of carbonyl (C=O) groups is 2. The average Bonchev–Trinajstić information content (AvgIpc) is 2.67. The summed E-state index contributed by atoms with van der Waals surface area (Å²) < 4.78 is 5.27. The maximum Gasteiger partial charge on any atom is 0.325 e. The highest BCUT2D eigenvalue weighted by atomic mass is 35.5. The van der Waals surface area contributed by atoms with E-state index in [-0.39, 0.29) is 18.5 Å². The molecule has 2 heterocycles. The van der Waals surface area contributed by atoms with Gasteiger partial charge < -0.3 is 10.1 Å². The van der Waals surface area contributed by atoms with Gasteiger partial charge in [-0.05, 0) is 17.7 Å². The number of hydrogen-bond acceptors (Lipinski definition) is 3. The summed E-state index contributed by atoms with van der Waals surface area (Å²) in [5.41, 5.74) is 0.115. The standard InChI is InChI=1S/C14H15ClN2O3/c15-11-3-1-10(2-4-11)9-17-12(18)14(16-13(17)19)5-7-20-8-6-14/h1-4H,5-9H2,(H,16,19). The van der Waals surface area contributed by atoms with Gasteiger partial charge in [0.25, 0.3) is 5.91 Å². The fourth-order valence-corrected chi connectivity index (χ4v) is 2.78. The van der Waals surface area contributed by atoms with Gasteiger partial charge in [0.15, 0.2) is 0 Å². The third-order valence-electron chi connectivity index (χ3n) is 3.85. The average molecular weight is 295 g/mol. The van der Waals surface area contributed by atoms with Crippen molar-refractivity contribution in [2.75, 3.05) is 13.2 Å². The maximum absolute atomic E-state index is 12.5. The molecule has 2 saturated heterocycles. The molecule has 0 bridgehead atoms. The number of benzene rings is 1. The van der Waals surface area contributed by atoms with Crippen LogP contribution < -0.4 is 5.32 Å². The highest BCUT2D eigenvalue weighted by molar-refractivity contribution is 6.30. The monoisotopic (exact) mass is 294 g/mol. The van der Waals surface area contributed by atoms with Crippen molar-refractivity contribution in [3.63, 3.8) is 0 Å². The normalized spacial score (nSPS) is 21.4. The third-order valence-corrected chi connectivity index (χ3v) is 4.10. The van der Waals surface area contributed by atoms with Crippen LogP contribution in [-0.2, 0) is 16.1 Å². The first-order valence-electron chi connectivity index (χ1n) is 6.57. The van der Waals surface area contributed by atoms with Gasteiger partial charge >= 0.3 is 6.03 Å². The lowest BCUT2D eigenvalue weighted by Crippen LogP contribution is -2.51. The van der Waals surface area contributed by atoms with E-state index >= 15 is 0 Å². The van der Waals surface area contributed by atoms with Gasteiger partial charge in [-0.25, -0.2) is 4.79 Å². The largest absolute Gasteiger partial charge is 0.381 e. The summed E-state index contributed by atoms with van der Waals surface area (Å²) in [6, 6.07) is 6.81. The molecule has 2 aliphatic heterocycles. The Bertz CT molecular complexity index is 538. The zero-order chi connectivity index (χ0) is 14.2. The molecule has 2 aliphatic rings. The molecular formula is C14H15ClN2O3. The van der Waals surface area contributed by atoms with Crippen LogP contribution in [0.1, 0.15) is 18.4 Å². The van der Waals surface area contributed by atoms with Crippen LogP contribution in [-0.4, -0.2) is 35.6 Å². The Balaban J connectivity index is 1.78. The molecule has 0 unspecified atom stereocenters. The molecule has 1 aromatic carbocycles. The second-order valence-electron chi connectivity index (χ2n) is 5.14. The lowest BCUT2D eigenvalue weighted by molar-refractivity contribution is -0.134. The summed E-state index contributed by atoms with van der Waals surface area (Å²) in [6.45, 7) is 1.27. The molecule has 20 heavy (non-hydrogen) atoms. The van der Waals surface area contributed by atoms with E-state index in [4.69, 9.17) is 16.3 Å². The minimum absolute atomic E-state index is 0.152. The molecule has 3 amide bonds. The predicted molar refractivity (Wildman–Crippen MR) is 73.3 cm³/mol. The van der Waals surface area contributed by atoms with Gasteiger partial charge in [-0.1, -0.05) is 23.7 Å². The molecule has 0 aliphatic carbocycles. The zero-order valence-electron chi connectivity index (χ0n) is 10.9. The van der Waals surface area contributed by atoms with Crippen molar-refractivity contribution in [2.24, 2.45) is 0 Å². The summed E-state index contributed by atoms with van der Waals surface area (Å²) in [7, 11) is 0. The van der Waals surface area contributed by atoms with Crippen molar-refractivity contribution in [2.45, 2.75) is 24.9 Å². The fraction of sp³-hybridized carbons (Fsp3) is 0.429. The lowest BCUT2D eigenvalue weighted by Gasteiger charge is -2.30. The first kappa shape index (κ1) is 13.4. The van der Waals surface area contributed by atoms with E-state index in [2.05, 4.69) is 5.32 Å². The molecule has 1 aromatic rings. The Morgan fingerprint density at radius 2 is 1.85 bits per heavy atom. The second-order valence-corrected chi connectivity index (χ2v) is 5.58. The van der Waals surface area contributed by atoms with E-state index in [9.17, 15) is 9.59 Å². The van der Waals surface area contributed by atoms with Crippen molar-refractivity contribution in [1.29, 1.82) is 0 Å². The van der Waals surface area contributed by atoms with Gasteiger partial charge in [-0.2, -0.15) is 0 Å². The highest BCUT2D eigenvalue weighted by Gasteiger charge is 2.51. The summed E-state index contributed by atoms with van der Waals surface area (Å²) in [6.07, 6.45) is 1.07. The smallest absolute Gasteiger partial charge is 0.325 e. The SMILES string of the molecule is O=C1NC2(CCOCC2)C(=O)N1Cc1ccc(Cl)cc1. The van der Waals surface area contributed by atoms with Crippen LogP contribution in [0.2, 0.25) is 5.02 Å². The number of amides is 3. The fourth-order valence-electron chi connectivity index (χ4n) is 2.65. The Morgan fingerprint density at radius 1 is 1.20 bits per heavy atom. The van der Waals surface area contributed by atoms with Crippen molar-refractivity contribution < 1.29 is 14.3 Å². The van der Waals surface area contributed by atoms with Crippen molar-refractivity contribution in [1.82, 2.24) is 10.2 Å². The first-order valence-corrected chi connectivity index (χ1v) is 6.95. The number of imide groups is 1. The summed E-state index contributed by atoms with van der Waals surface area (Å²) in [5, 5.41) is 3.46. The van der Waals surface area contributed by atoms with Crippen LogP contribution in [0.15, 0.2) is 24.3 Å². The molecule has 0 radical (unpaired) electrons. The number of ether oxygens (including phenoxy) is 1. The van der Waals surface area contributed by atoms with Gasteiger partial charge in [0.05, 0.1) is 6.54 Å². The van der Waals surface area contributed by atoms with Crippen LogP contribution in [0.4, 0.5) is 4.79 Å². The quantitative estimate of drug-likeness (QED) is 0.848. The molecule has 5 nitrogen and oxygen atoms in total. The van der Waals surface area contributed by atoms with E-state index in [1.807, 2.05) is 12.1 Å². The maximum atomic E-state index is 12.5. The van der Waals surface area contributed by atoms with E-state index in [0.717, 1.165) is 5.56 Å². The molecule has 0 saturated carbocycles. The summed E-state index contributed by atoms with van der Waals surface area (Å²) >= 11 is 5.83. The number of hydrogen-bond donors (Lipinski definition) is 1. The van der Waals surface area contributed by atoms with Crippen LogP contribution in [0.5, 0.6) is 0 Å². The number of rotatable bonds is 2. The van der Waals surface area contributed by atoms with Crippen LogP contribution in [0, 0.1) is 0 Å². The molecule has 1 spiro atoms. The van der Waals surface area contributed by atoms with Gasteiger partial charge in [-0.3, -0.25) is 9.69 Å². The Kier molecular flexibility index (Phi) is 3.40. The zero-order valence-corrected chi connectivity index (χ0v) is 11.7. The Hall–Kier alpha value is -1.59. The van der Waals surface area contributed by atoms with E-state index < -0.39 is 5.54 Å². The number of urea groups is 1. The molecule has 0 atom stereocenters. The second kappa shape index (κ2) is 5.07. The molecule has 1 N–H and O–H groups in total.